The number of imidazole rings is 1. The standard InChI is InChI=1S/C14H24ClN3/c1-11(12-7-5-3-4-6-8-12)16-10-14-17-9-13(15)18(14)2/h9,11-12,16H,3-8,10H2,1-2H3/t11-/m0/s1. The second-order valence-electron chi connectivity index (χ2n) is 5.48. The Labute approximate surface area is 115 Å². The highest BCUT2D eigenvalue weighted by molar-refractivity contribution is 6.29. The third kappa shape index (κ3) is 3.48. The van der Waals surface area contributed by atoms with Crippen LogP contribution in [0.15, 0.2) is 6.20 Å². The summed E-state index contributed by atoms with van der Waals surface area (Å²) in [5.41, 5.74) is 0. The Morgan fingerprint density at radius 1 is 1.39 bits per heavy atom. The predicted molar refractivity (Wildman–Crippen MR) is 75.7 cm³/mol. The molecule has 0 unspecified atom stereocenters. The summed E-state index contributed by atoms with van der Waals surface area (Å²) in [6.45, 7) is 3.11. The molecule has 3 nitrogen and oxygen atoms in total. The molecule has 1 aromatic rings. The molecule has 1 aliphatic carbocycles. The van der Waals surface area contributed by atoms with Crippen LogP contribution in [0.2, 0.25) is 5.15 Å². The summed E-state index contributed by atoms with van der Waals surface area (Å²) < 4.78 is 1.94. The van der Waals surface area contributed by atoms with Gasteiger partial charge < -0.3 is 9.88 Å². The van der Waals surface area contributed by atoms with Crippen molar-refractivity contribution in [3.63, 3.8) is 0 Å². The molecule has 102 valence electrons. The first-order valence-electron chi connectivity index (χ1n) is 7.08. The van der Waals surface area contributed by atoms with Crippen molar-refractivity contribution in [2.45, 2.75) is 58.0 Å². The van der Waals surface area contributed by atoms with Gasteiger partial charge in [-0.15, -0.1) is 0 Å². The van der Waals surface area contributed by atoms with Crippen LogP contribution in [0.3, 0.4) is 0 Å². The summed E-state index contributed by atoms with van der Waals surface area (Å²) >= 11 is 5.99. The number of aromatic nitrogens is 2. The van der Waals surface area contributed by atoms with Gasteiger partial charge in [-0.1, -0.05) is 37.3 Å². The minimum absolute atomic E-state index is 0.568. The first-order valence-corrected chi connectivity index (χ1v) is 7.45. The molecule has 1 saturated carbocycles. The van der Waals surface area contributed by atoms with Gasteiger partial charge in [0.25, 0.3) is 0 Å². The van der Waals surface area contributed by atoms with E-state index in [-0.39, 0.29) is 0 Å². The van der Waals surface area contributed by atoms with Gasteiger partial charge in [0.2, 0.25) is 0 Å². The SMILES string of the molecule is C[C@H](NCc1ncc(Cl)n1C)C1CCCCCC1. The molecular weight excluding hydrogens is 246 g/mol. The van der Waals surface area contributed by atoms with Crippen LogP contribution >= 0.6 is 11.6 Å². The van der Waals surface area contributed by atoms with Gasteiger partial charge in [-0.25, -0.2) is 4.98 Å². The number of halogens is 1. The van der Waals surface area contributed by atoms with Crippen LogP contribution in [0, 0.1) is 5.92 Å². The molecule has 0 aromatic carbocycles. The maximum Gasteiger partial charge on any atom is 0.128 e. The lowest BCUT2D eigenvalue weighted by molar-refractivity contribution is 0.333. The molecule has 1 aliphatic rings. The summed E-state index contributed by atoms with van der Waals surface area (Å²) in [6, 6.07) is 0.568. The van der Waals surface area contributed by atoms with E-state index in [2.05, 4.69) is 17.2 Å². The Morgan fingerprint density at radius 2 is 2.06 bits per heavy atom. The van der Waals surface area contributed by atoms with Gasteiger partial charge in [0.05, 0.1) is 12.7 Å². The van der Waals surface area contributed by atoms with Crippen molar-refractivity contribution in [2.24, 2.45) is 13.0 Å². The first kappa shape index (κ1) is 13.9. The number of hydrogen-bond acceptors (Lipinski definition) is 2. The topological polar surface area (TPSA) is 29.9 Å². The molecule has 0 bridgehead atoms. The van der Waals surface area contributed by atoms with Crippen LogP contribution in [0.4, 0.5) is 0 Å². The van der Waals surface area contributed by atoms with E-state index in [0.29, 0.717) is 11.2 Å². The predicted octanol–water partition coefficient (Wildman–Crippen LogP) is 3.52. The molecule has 1 N–H and O–H groups in total. The van der Waals surface area contributed by atoms with E-state index in [1.54, 1.807) is 6.20 Å². The van der Waals surface area contributed by atoms with Gasteiger partial charge in [-0.05, 0) is 25.7 Å². The molecule has 1 heterocycles. The van der Waals surface area contributed by atoms with E-state index >= 15 is 0 Å². The van der Waals surface area contributed by atoms with Gasteiger partial charge in [0.15, 0.2) is 0 Å². The van der Waals surface area contributed by atoms with Gasteiger partial charge in [0, 0.05) is 13.1 Å². The minimum atomic E-state index is 0.568. The van der Waals surface area contributed by atoms with Crippen LogP contribution in [-0.2, 0) is 13.6 Å². The molecule has 0 aliphatic heterocycles. The Kier molecular flexibility index (Phi) is 5.07. The zero-order valence-corrected chi connectivity index (χ0v) is 12.2. The summed E-state index contributed by atoms with van der Waals surface area (Å²) in [5, 5.41) is 4.31. The second-order valence-corrected chi connectivity index (χ2v) is 5.86. The van der Waals surface area contributed by atoms with Crippen molar-refractivity contribution in [1.29, 1.82) is 0 Å². The summed E-state index contributed by atoms with van der Waals surface area (Å²) in [4.78, 5) is 4.32. The number of nitrogens with zero attached hydrogens (tertiary/aromatic N) is 2. The molecule has 1 fully saturated rings. The van der Waals surface area contributed by atoms with Crippen LogP contribution in [-0.4, -0.2) is 15.6 Å². The summed E-state index contributed by atoms with van der Waals surface area (Å²) in [6.07, 6.45) is 10.1. The quantitative estimate of drug-likeness (QED) is 0.848. The normalized spacial score (nSPS) is 19.7. The monoisotopic (exact) mass is 269 g/mol. The van der Waals surface area contributed by atoms with Gasteiger partial charge in [-0.3, -0.25) is 0 Å². The van der Waals surface area contributed by atoms with Crippen LogP contribution < -0.4 is 5.32 Å². The van der Waals surface area contributed by atoms with Crippen molar-refractivity contribution in [3.8, 4) is 0 Å². The highest BCUT2D eigenvalue weighted by Crippen LogP contribution is 2.25. The van der Waals surface area contributed by atoms with E-state index in [0.717, 1.165) is 18.3 Å². The molecule has 2 rings (SSSR count). The van der Waals surface area contributed by atoms with Crippen LogP contribution in [0.5, 0.6) is 0 Å². The Bertz CT molecular complexity index is 367. The van der Waals surface area contributed by atoms with Crippen LogP contribution in [0.1, 0.15) is 51.3 Å². The fourth-order valence-corrected chi connectivity index (χ4v) is 2.96. The molecule has 18 heavy (non-hydrogen) atoms. The van der Waals surface area contributed by atoms with Crippen molar-refractivity contribution in [1.82, 2.24) is 14.9 Å². The third-order valence-electron chi connectivity index (χ3n) is 4.22. The van der Waals surface area contributed by atoms with Crippen molar-refractivity contribution in [2.75, 3.05) is 0 Å². The Balaban J connectivity index is 1.83. The molecule has 0 amide bonds. The van der Waals surface area contributed by atoms with Gasteiger partial charge in [0.1, 0.15) is 11.0 Å². The molecular formula is C14H24ClN3. The molecule has 1 atom stereocenters. The lowest BCUT2D eigenvalue weighted by Crippen LogP contribution is -2.33. The minimum Gasteiger partial charge on any atom is -0.321 e. The average Bonchev–Trinajstić information content (AvgIpc) is 2.63. The average molecular weight is 270 g/mol. The van der Waals surface area contributed by atoms with Crippen molar-refractivity contribution >= 4 is 11.6 Å². The molecule has 0 saturated heterocycles. The molecule has 0 radical (unpaired) electrons. The zero-order valence-electron chi connectivity index (χ0n) is 11.5. The van der Waals surface area contributed by atoms with E-state index in [1.165, 1.54) is 38.5 Å². The number of nitrogens with one attached hydrogen (secondary N) is 1. The molecule has 4 heteroatoms. The van der Waals surface area contributed by atoms with Gasteiger partial charge in [-0.2, -0.15) is 0 Å². The highest BCUT2D eigenvalue weighted by atomic mass is 35.5. The first-order chi connectivity index (χ1) is 8.68. The second kappa shape index (κ2) is 6.58. The summed E-state index contributed by atoms with van der Waals surface area (Å²) in [5.74, 6) is 1.84. The Hall–Kier alpha value is -0.540. The van der Waals surface area contributed by atoms with E-state index in [9.17, 15) is 0 Å². The number of hydrogen-bond donors (Lipinski definition) is 1. The molecule has 0 spiro atoms. The van der Waals surface area contributed by atoms with Gasteiger partial charge >= 0.3 is 0 Å². The van der Waals surface area contributed by atoms with E-state index in [4.69, 9.17) is 11.6 Å². The third-order valence-corrected chi connectivity index (χ3v) is 4.57. The fourth-order valence-electron chi connectivity index (χ4n) is 2.82. The Morgan fingerprint density at radius 3 is 2.61 bits per heavy atom. The lowest BCUT2D eigenvalue weighted by atomic mass is 9.93. The maximum absolute atomic E-state index is 5.99. The lowest BCUT2D eigenvalue weighted by Gasteiger charge is -2.23. The van der Waals surface area contributed by atoms with Crippen molar-refractivity contribution < 1.29 is 0 Å². The number of rotatable bonds is 4. The smallest absolute Gasteiger partial charge is 0.128 e. The molecule has 1 aromatic heterocycles. The highest BCUT2D eigenvalue weighted by Gasteiger charge is 2.19. The van der Waals surface area contributed by atoms with Crippen LogP contribution in [0.25, 0.3) is 0 Å². The fraction of sp³-hybridized carbons (Fsp3) is 0.786. The van der Waals surface area contributed by atoms with E-state index < -0.39 is 0 Å². The van der Waals surface area contributed by atoms with E-state index in [1.807, 2.05) is 11.6 Å². The van der Waals surface area contributed by atoms with Crippen molar-refractivity contribution in [3.05, 3.63) is 17.2 Å². The largest absolute Gasteiger partial charge is 0.321 e. The zero-order chi connectivity index (χ0) is 13.0. The maximum atomic E-state index is 5.99. The summed E-state index contributed by atoms with van der Waals surface area (Å²) in [7, 11) is 1.96.